The standard InChI is InChI=1S/C13H14FN3/c1-8-6-10(14)4-5-11(8)13-16-9(2)7-12(15-3)17-13/h4-7H,1-3H3,(H,15,16,17). The second-order valence-corrected chi connectivity index (χ2v) is 3.93. The highest BCUT2D eigenvalue weighted by atomic mass is 19.1. The molecule has 0 radical (unpaired) electrons. The van der Waals surface area contributed by atoms with Gasteiger partial charge in [-0.2, -0.15) is 0 Å². The Morgan fingerprint density at radius 1 is 1.12 bits per heavy atom. The molecule has 0 bridgehead atoms. The van der Waals surface area contributed by atoms with Gasteiger partial charge in [-0.3, -0.25) is 0 Å². The van der Waals surface area contributed by atoms with Gasteiger partial charge >= 0.3 is 0 Å². The van der Waals surface area contributed by atoms with Gasteiger partial charge in [0.25, 0.3) is 0 Å². The molecule has 2 rings (SSSR count). The fourth-order valence-electron chi connectivity index (χ4n) is 1.70. The molecule has 0 atom stereocenters. The van der Waals surface area contributed by atoms with E-state index in [4.69, 9.17) is 0 Å². The molecule has 88 valence electrons. The first kappa shape index (κ1) is 11.5. The second-order valence-electron chi connectivity index (χ2n) is 3.93. The van der Waals surface area contributed by atoms with Crippen LogP contribution in [0.25, 0.3) is 11.4 Å². The van der Waals surface area contributed by atoms with Crippen LogP contribution >= 0.6 is 0 Å². The molecule has 0 saturated carbocycles. The van der Waals surface area contributed by atoms with Crippen LogP contribution in [-0.4, -0.2) is 17.0 Å². The van der Waals surface area contributed by atoms with Crippen molar-refractivity contribution in [1.82, 2.24) is 9.97 Å². The van der Waals surface area contributed by atoms with Crippen molar-refractivity contribution in [3.63, 3.8) is 0 Å². The largest absolute Gasteiger partial charge is 0.373 e. The third kappa shape index (κ3) is 2.41. The van der Waals surface area contributed by atoms with Crippen molar-refractivity contribution < 1.29 is 4.39 Å². The lowest BCUT2D eigenvalue weighted by Gasteiger charge is -2.07. The monoisotopic (exact) mass is 231 g/mol. The van der Waals surface area contributed by atoms with Gasteiger partial charge in [0.05, 0.1) is 0 Å². The fraction of sp³-hybridized carbons (Fsp3) is 0.231. The Bertz CT molecular complexity index is 552. The number of benzene rings is 1. The predicted molar refractivity (Wildman–Crippen MR) is 66.4 cm³/mol. The third-order valence-corrected chi connectivity index (χ3v) is 2.54. The van der Waals surface area contributed by atoms with Crippen LogP contribution in [0.5, 0.6) is 0 Å². The van der Waals surface area contributed by atoms with Crippen molar-refractivity contribution in [3.8, 4) is 11.4 Å². The number of aryl methyl sites for hydroxylation is 2. The summed E-state index contributed by atoms with van der Waals surface area (Å²) in [6, 6.07) is 6.48. The molecule has 0 spiro atoms. The van der Waals surface area contributed by atoms with E-state index in [1.54, 1.807) is 6.07 Å². The second kappa shape index (κ2) is 4.49. The van der Waals surface area contributed by atoms with E-state index >= 15 is 0 Å². The normalized spacial score (nSPS) is 10.4. The van der Waals surface area contributed by atoms with Crippen LogP contribution in [0, 0.1) is 19.7 Å². The number of anilines is 1. The van der Waals surface area contributed by atoms with Gasteiger partial charge in [-0.05, 0) is 37.6 Å². The SMILES string of the molecule is CNc1cc(C)nc(-c2ccc(F)cc2C)n1. The summed E-state index contributed by atoms with van der Waals surface area (Å²) < 4.78 is 13.0. The number of rotatable bonds is 2. The van der Waals surface area contributed by atoms with E-state index in [9.17, 15) is 4.39 Å². The maximum Gasteiger partial charge on any atom is 0.162 e. The quantitative estimate of drug-likeness (QED) is 0.863. The Labute approximate surface area is 99.7 Å². The number of nitrogens with one attached hydrogen (secondary N) is 1. The molecular formula is C13H14FN3. The summed E-state index contributed by atoms with van der Waals surface area (Å²) in [5.41, 5.74) is 2.56. The molecule has 0 aliphatic carbocycles. The van der Waals surface area contributed by atoms with Crippen LogP contribution in [0.4, 0.5) is 10.2 Å². The smallest absolute Gasteiger partial charge is 0.162 e. The van der Waals surface area contributed by atoms with Crippen molar-refractivity contribution in [2.45, 2.75) is 13.8 Å². The van der Waals surface area contributed by atoms with E-state index < -0.39 is 0 Å². The maximum absolute atomic E-state index is 13.0. The maximum atomic E-state index is 13.0. The van der Waals surface area contributed by atoms with E-state index in [1.807, 2.05) is 27.0 Å². The van der Waals surface area contributed by atoms with E-state index in [2.05, 4.69) is 15.3 Å². The van der Waals surface area contributed by atoms with Gasteiger partial charge in [0, 0.05) is 24.4 Å². The zero-order valence-corrected chi connectivity index (χ0v) is 10.1. The minimum atomic E-state index is -0.243. The van der Waals surface area contributed by atoms with E-state index in [0.717, 1.165) is 22.6 Å². The van der Waals surface area contributed by atoms with Crippen LogP contribution < -0.4 is 5.32 Å². The summed E-state index contributed by atoms with van der Waals surface area (Å²) >= 11 is 0. The van der Waals surface area contributed by atoms with Gasteiger partial charge in [-0.1, -0.05) is 0 Å². The molecule has 4 heteroatoms. The highest BCUT2D eigenvalue weighted by molar-refractivity contribution is 5.61. The highest BCUT2D eigenvalue weighted by Gasteiger charge is 2.07. The topological polar surface area (TPSA) is 37.8 Å². The Morgan fingerprint density at radius 3 is 2.53 bits per heavy atom. The number of halogens is 1. The molecule has 1 aromatic carbocycles. The van der Waals surface area contributed by atoms with Crippen LogP contribution in [0.1, 0.15) is 11.3 Å². The van der Waals surface area contributed by atoms with Crippen LogP contribution in [-0.2, 0) is 0 Å². The summed E-state index contributed by atoms with van der Waals surface area (Å²) in [4.78, 5) is 8.74. The molecule has 0 saturated heterocycles. The molecule has 1 aromatic heterocycles. The summed E-state index contributed by atoms with van der Waals surface area (Å²) in [6.45, 7) is 3.76. The Kier molecular flexibility index (Phi) is 3.04. The van der Waals surface area contributed by atoms with E-state index in [1.165, 1.54) is 12.1 Å². The fourth-order valence-corrected chi connectivity index (χ4v) is 1.70. The Balaban J connectivity index is 2.55. The van der Waals surface area contributed by atoms with Crippen molar-refractivity contribution >= 4 is 5.82 Å². The van der Waals surface area contributed by atoms with Crippen molar-refractivity contribution in [1.29, 1.82) is 0 Å². The Hall–Kier alpha value is -1.97. The van der Waals surface area contributed by atoms with E-state index in [0.29, 0.717) is 5.82 Å². The summed E-state index contributed by atoms with van der Waals surface area (Å²) in [5, 5.41) is 2.98. The zero-order chi connectivity index (χ0) is 12.4. The van der Waals surface area contributed by atoms with Crippen LogP contribution in [0.2, 0.25) is 0 Å². The average Bonchev–Trinajstić information content (AvgIpc) is 2.28. The molecule has 1 N–H and O–H groups in total. The molecule has 0 aliphatic heterocycles. The lowest BCUT2D eigenvalue weighted by Crippen LogP contribution is -1.99. The highest BCUT2D eigenvalue weighted by Crippen LogP contribution is 2.22. The first-order valence-corrected chi connectivity index (χ1v) is 5.40. The third-order valence-electron chi connectivity index (χ3n) is 2.54. The molecule has 2 aromatic rings. The van der Waals surface area contributed by atoms with Gasteiger partial charge in [-0.15, -0.1) is 0 Å². The summed E-state index contributed by atoms with van der Waals surface area (Å²) in [7, 11) is 1.81. The first-order chi connectivity index (χ1) is 8.10. The van der Waals surface area contributed by atoms with Gasteiger partial charge < -0.3 is 5.32 Å². The van der Waals surface area contributed by atoms with Gasteiger partial charge in [0.15, 0.2) is 5.82 Å². The number of nitrogens with zero attached hydrogens (tertiary/aromatic N) is 2. The lowest BCUT2D eigenvalue weighted by molar-refractivity contribution is 0.627. The Morgan fingerprint density at radius 2 is 1.88 bits per heavy atom. The van der Waals surface area contributed by atoms with Crippen LogP contribution in [0.15, 0.2) is 24.3 Å². The van der Waals surface area contributed by atoms with Crippen molar-refractivity contribution in [3.05, 3.63) is 41.3 Å². The van der Waals surface area contributed by atoms with Crippen molar-refractivity contribution in [2.75, 3.05) is 12.4 Å². The number of hydrogen-bond donors (Lipinski definition) is 1. The minimum absolute atomic E-state index is 0.243. The zero-order valence-electron chi connectivity index (χ0n) is 10.1. The molecule has 0 amide bonds. The predicted octanol–water partition coefficient (Wildman–Crippen LogP) is 2.94. The van der Waals surface area contributed by atoms with Gasteiger partial charge in [0.1, 0.15) is 11.6 Å². The molecule has 0 fully saturated rings. The molecule has 0 aliphatic rings. The van der Waals surface area contributed by atoms with Crippen LogP contribution in [0.3, 0.4) is 0 Å². The van der Waals surface area contributed by atoms with Gasteiger partial charge in [0.2, 0.25) is 0 Å². The number of hydrogen-bond acceptors (Lipinski definition) is 3. The molecule has 3 nitrogen and oxygen atoms in total. The average molecular weight is 231 g/mol. The molecule has 17 heavy (non-hydrogen) atoms. The lowest BCUT2D eigenvalue weighted by atomic mass is 10.1. The molecular weight excluding hydrogens is 217 g/mol. The minimum Gasteiger partial charge on any atom is -0.373 e. The molecule has 0 unspecified atom stereocenters. The summed E-state index contributed by atoms with van der Waals surface area (Å²) in [6.07, 6.45) is 0. The molecule has 1 heterocycles. The summed E-state index contributed by atoms with van der Waals surface area (Å²) in [5.74, 6) is 1.14. The number of aromatic nitrogens is 2. The van der Waals surface area contributed by atoms with Crippen molar-refractivity contribution in [2.24, 2.45) is 0 Å². The van der Waals surface area contributed by atoms with Gasteiger partial charge in [-0.25, -0.2) is 14.4 Å². The van der Waals surface area contributed by atoms with E-state index in [-0.39, 0.29) is 5.82 Å². The first-order valence-electron chi connectivity index (χ1n) is 5.40.